The van der Waals surface area contributed by atoms with Gasteiger partial charge in [-0.15, -0.1) is 0 Å². The average molecular weight is 378 g/mol. The Hall–Kier alpha value is -1.93. The van der Waals surface area contributed by atoms with Crippen LogP contribution in [-0.4, -0.2) is 48.0 Å². The number of carbonyl (C=O) groups excluding carboxylic acids is 1. The van der Waals surface area contributed by atoms with Gasteiger partial charge in [0.05, 0.1) is 17.1 Å². The highest BCUT2D eigenvalue weighted by atomic mass is 32.2. The molecular formula is C18H26N4O3S. The molecule has 0 saturated carbocycles. The van der Waals surface area contributed by atoms with Crippen LogP contribution in [0.2, 0.25) is 0 Å². The molecule has 0 spiro atoms. The number of rotatable bonds is 5. The third-order valence-electron chi connectivity index (χ3n) is 5.27. The fraction of sp³-hybridized carbons (Fsp3) is 0.556. The van der Waals surface area contributed by atoms with E-state index < -0.39 is 20.5 Å². The first-order valence-electron chi connectivity index (χ1n) is 8.96. The number of imidazole rings is 1. The number of hydrogen-bond acceptors (Lipinski definition) is 5. The number of piperidine rings is 1. The van der Waals surface area contributed by atoms with Gasteiger partial charge in [-0.1, -0.05) is 12.1 Å². The maximum absolute atomic E-state index is 13.0. The van der Waals surface area contributed by atoms with E-state index in [0.29, 0.717) is 13.1 Å². The minimum absolute atomic E-state index is 0.286. The standard InChI is InChI=1S/C18H26N4O3S/c1-4-22-15-8-6-5-7-14(15)21-16(22)13(2)20-17(23)18(26(3,24)25)9-11-19-12-10-18/h5-8,13,19H,4,9-12H2,1-3H3,(H,20,23). The fourth-order valence-electron chi connectivity index (χ4n) is 3.75. The second-order valence-electron chi connectivity index (χ2n) is 6.91. The van der Waals surface area contributed by atoms with Gasteiger partial charge in [0.2, 0.25) is 5.91 Å². The molecule has 1 unspecified atom stereocenters. The molecule has 0 aliphatic carbocycles. The van der Waals surface area contributed by atoms with Gasteiger partial charge in [-0.05, 0) is 51.9 Å². The minimum Gasteiger partial charge on any atom is -0.345 e. The van der Waals surface area contributed by atoms with Gasteiger partial charge in [0, 0.05) is 12.8 Å². The van der Waals surface area contributed by atoms with Crippen molar-refractivity contribution in [2.75, 3.05) is 19.3 Å². The Morgan fingerprint density at radius 1 is 1.35 bits per heavy atom. The van der Waals surface area contributed by atoms with Gasteiger partial charge < -0.3 is 15.2 Å². The van der Waals surface area contributed by atoms with Gasteiger partial charge in [-0.3, -0.25) is 4.79 Å². The summed E-state index contributed by atoms with van der Waals surface area (Å²) in [6.07, 6.45) is 1.73. The lowest BCUT2D eigenvalue weighted by Gasteiger charge is -2.35. The van der Waals surface area contributed by atoms with Crippen LogP contribution < -0.4 is 10.6 Å². The van der Waals surface area contributed by atoms with E-state index in [4.69, 9.17) is 0 Å². The van der Waals surface area contributed by atoms with E-state index >= 15 is 0 Å². The topological polar surface area (TPSA) is 93.1 Å². The van der Waals surface area contributed by atoms with E-state index in [2.05, 4.69) is 20.2 Å². The van der Waals surface area contributed by atoms with Crippen molar-refractivity contribution in [2.24, 2.45) is 0 Å². The van der Waals surface area contributed by atoms with Gasteiger partial charge >= 0.3 is 0 Å². The summed E-state index contributed by atoms with van der Waals surface area (Å²) < 4.78 is 25.5. The van der Waals surface area contributed by atoms with Crippen LogP contribution in [0.1, 0.15) is 38.6 Å². The first-order chi connectivity index (χ1) is 12.3. The van der Waals surface area contributed by atoms with Gasteiger partial charge in [-0.25, -0.2) is 13.4 Å². The molecule has 1 aromatic carbocycles. The van der Waals surface area contributed by atoms with Crippen molar-refractivity contribution in [3.8, 4) is 0 Å². The Morgan fingerprint density at radius 3 is 2.62 bits per heavy atom. The molecule has 1 atom stereocenters. The Bertz CT molecular complexity index is 914. The number of aromatic nitrogens is 2. The van der Waals surface area contributed by atoms with Crippen LogP contribution in [0.5, 0.6) is 0 Å². The second-order valence-corrected chi connectivity index (χ2v) is 9.24. The largest absolute Gasteiger partial charge is 0.345 e. The van der Waals surface area contributed by atoms with Crippen molar-refractivity contribution >= 4 is 26.8 Å². The number of para-hydroxylation sites is 2. The fourth-order valence-corrected chi connectivity index (χ4v) is 5.09. The summed E-state index contributed by atoms with van der Waals surface area (Å²) in [5, 5.41) is 6.05. The van der Waals surface area contributed by atoms with E-state index in [1.165, 1.54) is 0 Å². The van der Waals surface area contributed by atoms with Crippen molar-refractivity contribution < 1.29 is 13.2 Å². The maximum Gasteiger partial charge on any atom is 0.242 e. The molecule has 2 heterocycles. The number of amides is 1. The molecule has 1 fully saturated rings. The zero-order valence-corrected chi connectivity index (χ0v) is 16.3. The first kappa shape index (κ1) is 18.8. The molecule has 142 valence electrons. The molecule has 26 heavy (non-hydrogen) atoms. The van der Waals surface area contributed by atoms with Gasteiger partial charge in [0.1, 0.15) is 5.82 Å². The quantitative estimate of drug-likeness (QED) is 0.820. The number of carbonyl (C=O) groups is 1. The number of fused-ring (bicyclic) bond motifs is 1. The van der Waals surface area contributed by atoms with Crippen LogP contribution in [0.15, 0.2) is 24.3 Å². The summed E-state index contributed by atoms with van der Waals surface area (Å²) in [6, 6.07) is 7.43. The molecule has 3 rings (SSSR count). The Labute approximate surface area is 154 Å². The number of hydrogen-bond donors (Lipinski definition) is 2. The predicted molar refractivity (Wildman–Crippen MR) is 102 cm³/mol. The smallest absolute Gasteiger partial charge is 0.242 e. The van der Waals surface area contributed by atoms with Crippen LogP contribution in [0, 0.1) is 0 Å². The molecule has 1 aromatic heterocycles. The van der Waals surface area contributed by atoms with Crippen molar-refractivity contribution in [3.63, 3.8) is 0 Å². The molecule has 1 aliphatic rings. The summed E-state index contributed by atoms with van der Waals surface area (Å²) >= 11 is 0. The van der Waals surface area contributed by atoms with Crippen molar-refractivity contribution in [1.82, 2.24) is 20.2 Å². The highest BCUT2D eigenvalue weighted by Crippen LogP contribution is 2.29. The Balaban J connectivity index is 1.92. The van der Waals surface area contributed by atoms with Gasteiger partial charge in [-0.2, -0.15) is 0 Å². The second kappa shape index (κ2) is 7.00. The number of nitrogens with zero attached hydrogens (tertiary/aromatic N) is 2. The normalized spacial score (nSPS) is 18.6. The van der Waals surface area contributed by atoms with Crippen LogP contribution >= 0.6 is 0 Å². The Kier molecular flexibility index (Phi) is 5.07. The SMILES string of the molecule is CCn1c(C(C)NC(=O)C2(S(C)(=O)=O)CCNCC2)nc2ccccc21. The lowest BCUT2D eigenvalue weighted by Crippen LogP contribution is -2.57. The zero-order chi connectivity index (χ0) is 18.9. The number of benzene rings is 1. The van der Waals surface area contributed by atoms with E-state index in [9.17, 15) is 13.2 Å². The van der Waals surface area contributed by atoms with Crippen LogP contribution in [-0.2, 0) is 21.2 Å². The monoisotopic (exact) mass is 378 g/mol. The van der Waals surface area contributed by atoms with Gasteiger partial charge in [0.25, 0.3) is 0 Å². The van der Waals surface area contributed by atoms with Gasteiger partial charge in [0.15, 0.2) is 14.6 Å². The summed E-state index contributed by atoms with van der Waals surface area (Å²) in [6.45, 7) is 5.63. The summed E-state index contributed by atoms with van der Waals surface area (Å²) in [7, 11) is -3.53. The van der Waals surface area contributed by atoms with Crippen molar-refractivity contribution in [2.45, 2.75) is 44.0 Å². The molecular weight excluding hydrogens is 352 g/mol. The summed E-state index contributed by atoms with van der Waals surface area (Å²) in [4.78, 5) is 17.7. The molecule has 7 nitrogen and oxygen atoms in total. The van der Waals surface area contributed by atoms with Crippen LogP contribution in [0.3, 0.4) is 0 Å². The number of aryl methyl sites for hydroxylation is 1. The average Bonchev–Trinajstić information content (AvgIpc) is 3.00. The van der Waals surface area contributed by atoms with E-state index in [1.54, 1.807) is 0 Å². The lowest BCUT2D eigenvalue weighted by atomic mass is 9.95. The van der Waals surface area contributed by atoms with E-state index in [0.717, 1.165) is 29.7 Å². The molecule has 0 bridgehead atoms. The highest BCUT2D eigenvalue weighted by Gasteiger charge is 2.49. The lowest BCUT2D eigenvalue weighted by molar-refractivity contribution is -0.125. The molecule has 2 aromatic rings. The first-order valence-corrected chi connectivity index (χ1v) is 10.9. The third kappa shape index (κ3) is 3.12. The van der Waals surface area contributed by atoms with Crippen LogP contribution in [0.4, 0.5) is 0 Å². The summed E-state index contributed by atoms with van der Waals surface area (Å²) in [5.41, 5.74) is 1.87. The van der Waals surface area contributed by atoms with Crippen molar-refractivity contribution in [1.29, 1.82) is 0 Å². The Morgan fingerprint density at radius 2 is 2.00 bits per heavy atom. The molecule has 8 heteroatoms. The highest BCUT2D eigenvalue weighted by molar-refractivity contribution is 7.92. The number of sulfone groups is 1. The van der Waals surface area contributed by atoms with E-state index in [-0.39, 0.29) is 18.9 Å². The third-order valence-corrected chi connectivity index (χ3v) is 7.28. The molecule has 0 radical (unpaired) electrons. The summed E-state index contributed by atoms with van der Waals surface area (Å²) in [5.74, 6) is 0.309. The molecule has 1 aliphatic heterocycles. The number of nitrogens with one attached hydrogen (secondary N) is 2. The minimum atomic E-state index is -3.53. The zero-order valence-electron chi connectivity index (χ0n) is 15.4. The molecule has 2 N–H and O–H groups in total. The van der Waals surface area contributed by atoms with Crippen molar-refractivity contribution in [3.05, 3.63) is 30.1 Å². The molecule has 1 amide bonds. The maximum atomic E-state index is 13.0. The van der Waals surface area contributed by atoms with E-state index in [1.807, 2.05) is 38.1 Å². The molecule has 1 saturated heterocycles. The van der Waals surface area contributed by atoms with Crippen LogP contribution in [0.25, 0.3) is 11.0 Å². The predicted octanol–water partition coefficient (Wildman–Crippen LogP) is 1.40.